The van der Waals surface area contributed by atoms with Gasteiger partial charge in [-0.2, -0.15) is 4.31 Å². The molecule has 0 unspecified atom stereocenters. The summed E-state index contributed by atoms with van der Waals surface area (Å²) in [6.07, 6.45) is 4.83. The molecule has 3 rings (SSSR count). The summed E-state index contributed by atoms with van der Waals surface area (Å²) in [5.41, 5.74) is 0. The molecule has 2 aliphatic rings. The lowest BCUT2D eigenvalue weighted by molar-refractivity contribution is -0.142. The van der Waals surface area contributed by atoms with Crippen LogP contribution in [0.2, 0.25) is 0 Å². The minimum Gasteiger partial charge on any atom is -0.480 e. The number of fused-ring (bicyclic) bond motifs is 1. The van der Waals surface area contributed by atoms with Crippen molar-refractivity contribution in [3.05, 3.63) is 12.0 Å². The van der Waals surface area contributed by atoms with E-state index in [1.807, 2.05) is 0 Å². The Bertz CT molecular complexity index is 637. The van der Waals surface area contributed by atoms with Gasteiger partial charge in [0.05, 0.1) is 6.20 Å². The van der Waals surface area contributed by atoms with Crippen molar-refractivity contribution in [1.29, 1.82) is 0 Å². The van der Waals surface area contributed by atoms with Gasteiger partial charge in [-0.3, -0.25) is 4.79 Å². The van der Waals surface area contributed by atoms with Crippen molar-refractivity contribution in [3.63, 3.8) is 0 Å². The third kappa shape index (κ3) is 2.03. The first-order valence-electron chi connectivity index (χ1n) is 6.81. The number of imidazole rings is 1. The van der Waals surface area contributed by atoms with Crippen LogP contribution in [0.1, 0.15) is 31.5 Å². The summed E-state index contributed by atoms with van der Waals surface area (Å²) in [5, 5.41) is 9.37. The van der Waals surface area contributed by atoms with E-state index in [1.165, 1.54) is 6.20 Å². The highest BCUT2D eigenvalue weighted by Crippen LogP contribution is 2.28. The summed E-state index contributed by atoms with van der Waals surface area (Å²) >= 11 is 0. The zero-order valence-electron chi connectivity index (χ0n) is 11.0. The normalized spacial score (nSPS) is 23.7. The monoisotopic (exact) mass is 299 g/mol. The molecule has 1 saturated heterocycles. The first-order chi connectivity index (χ1) is 9.51. The Balaban J connectivity index is 2.00. The number of hydrogen-bond acceptors (Lipinski definition) is 4. The number of aromatic nitrogens is 2. The highest BCUT2D eigenvalue weighted by Gasteiger charge is 2.39. The topological polar surface area (TPSA) is 92.5 Å². The summed E-state index contributed by atoms with van der Waals surface area (Å²) in [7, 11) is -3.79. The number of aliphatic carboxylic acids is 1. The largest absolute Gasteiger partial charge is 0.480 e. The van der Waals surface area contributed by atoms with Crippen LogP contribution in [0.4, 0.5) is 0 Å². The number of sulfonamides is 1. The summed E-state index contributed by atoms with van der Waals surface area (Å²) in [6, 6.07) is -0.957. The summed E-state index contributed by atoms with van der Waals surface area (Å²) in [6.45, 7) is 0.898. The standard InChI is InChI=1S/C12H17N3O4S/c16-12(17)9-4-1-2-7-15(9)20(18,19)11-8-13-10-5-3-6-14(10)11/h8-9H,1-7H2,(H,16,17)/t9-/m1/s1. The number of piperidine rings is 1. The van der Waals surface area contributed by atoms with Gasteiger partial charge in [-0.25, -0.2) is 13.4 Å². The Labute approximate surface area is 117 Å². The molecular formula is C12H17N3O4S. The Morgan fingerprint density at radius 1 is 1.30 bits per heavy atom. The van der Waals surface area contributed by atoms with Crippen molar-refractivity contribution in [2.75, 3.05) is 6.54 Å². The minimum atomic E-state index is -3.79. The van der Waals surface area contributed by atoms with Crippen molar-refractivity contribution >= 4 is 16.0 Å². The first-order valence-corrected chi connectivity index (χ1v) is 8.25. The smallest absolute Gasteiger partial charge is 0.322 e. The summed E-state index contributed by atoms with van der Waals surface area (Å²) in [5.74, 6) is -0.304. The summed E-state index contributed by atoms with van der Waals surface area (Å²) in [4.78, 5) is 15.4. The maximum atomic E-state index is 12.7. The third-order valence-corrected chi connectivity index (χ3v) is 5.90. The fourth-order valence-electron chi connectivity index (χ4n) is 3.00. The van der Waals surface area contributed by atoms with E-state index in [0.29, 0.717) is 19.4 Å². The fourth-order valence-corrected chi connectivity index (χ4v) is 4.80. The van der Waals surface area contributed by atoms with E-state index in [0.717, 1.165) is 29.4 Å². The van der Waals surface area contributed by atoms with Gasteiger partial charge < -0.3 is 9.67 Å². The molecule has 1 N–H and O–H groups in total. The van der Waals surface area contributed by atoms with E-state index < -0.39 is 22.0 Å². The molecule has 110 valence electrons. The van der Waals surface area contributed by atoms with Gasteiger partial charge in [-0.05, 0) is 25.7 Å². The lowest BCUT2D eigenvalue weighted by atomic mass is 10.1. The van der Waals surface area contributed by atoms with Gasteiger partial charge in [0.2, 0.25) is 0 Å². The molecule has 0 radical (unpaired) electrons. The minimum absolute atomic E-state index is 0.137. The van der Waals surface area contributed by atoms with Crippen LogP contribution in [-0.2, 0) is 27.8 Å². The van der Waals surface area contributed by atoms with Gasteiger partial charge in [-0.1, -0.05) is 0 Å². The van der Waals surface area contributed by atoms with E-state index >= 15 is 0 Å². The van der Waals surface area contributed by atoms with Gasteiger partial charge in [0.1, 0.15) is 11.9 Å². The molecule has 8 heteroatoms. The molecule has 1 aromatic rings. The fraction of sp³-hybridized carbons (Fsp3) is 0.667. The molecule has 3 heterocycles. The molecule has 7 nitrogen and oxygen atoms in total. The lowest BCUT2D eigenvalue weighted by Gasteiger charge is -2.31. The van der Waals surface area contributed by atoms with Crippen LogP contribution >= 0.6 is 0 Å². The highest BCUT2D eigenvalue weighted by atomic mass is 32.2. The van der Waals surface area contributed by atoms with E-state index in [4.69, 9.17) is 0 Å². The Morgan fingerprint density at radius 2 is 2.10 bits per heavy atom. The molecule has 2 aliphatic heterocycles. The number of carboxylic acids is 1. The Kier molecular flexibility index (Phi) is 3.29. The second-order valence-corrected chi connectivity index (χ2v) is 7.07. The van der Waals surface area contributed by atoms with E-state index in [-0.39, 0.29) is 11.6 Å². The van der Waals surface area contributed by atoms with E-state index in [1.54, 1.807) is 4.57 Å². The molecule has 0 saturated carbocycles. The van der Waals surface area contributed by atoms with Crippen LogP contribution < -0.4 is 0 Å². The van der Waals surface area contributed by atoms with Gasteiger partial charge in [-0.15, -0.1) is 0 Å². The molecule has 20 heavy (non-hydrogen) atoms. The predicted octanol–water partition coefficient (Wildman–Crippen LogP) is 0.457. The molecule has 0 spiro atoms. The Hall–Kier alpha value is -1.41. The van der Waals surface area contributed by atoms with Crippen LogP contribution in [-0.4, -0.2) is 45.9 Å². The zero-order chi connectivity index (χ0) is 14.3. The van der Waals surface area contributed by atoms with Crippen LogP contribution in [0.25, 0.3) is 0 Å². The molecule has 0 amide bonds. The van der Waals surface area contributed by atoms with Crippen LogP contribution in [0.15, 0.2) is 11.2 Å². The third-order valence-electron chi connectivity index (χ3n) is 4.00. The molecule has 0 aromatic carbocycles. The number of hydrogen-bond donors (Lipinski definition) is 1. The predicted molar refractivity (Wildman–Crippen MR) is 69.7 cm³/mol. The number of carbonyl (C=O) groups is 1. The van der Waals surface area contributed by atoms with Crippen molar-refractivity contribution in [2.24, 2.45) is 0 Å². The molecule has 1 fully saturated rings. The second kappa shape index (κ2) is 4.85. The number of aryl methyl sites for hydroxylation is 1. The second-order valence-electron chi connectivity index (χ2n) is 5.23. The van der Waals surface area contributed by atoms with Crippen molar-refractivity contribution in [1.82, 2.24) is 13.9 Å². The van der Waals surface area contributed by atoms with Crippen LogP contribution in [0.3, 0.4) is 0 Å². The van der Waals surface area contributed by atoms with E-state index in [2.05, 4.69) is 4.98 Å². The Morgan fingerprint density at radius 3 is 2.85 bits per heavy atom. The maximum Gasteiger partial charge on any atom is 0.322 e. The zero-order valence-corrected chi connectivity index (χ0v) is 11.8. The van der Waals surface area contributed by atoms with Crippen molar-refractivity contribution < 1.29 is 18.3 Å². The van der Waals surface area contributed by atoms with Gasteiger partial charge in [0, 0.05) is 19.5 Å². The highest BCUT2D eigenvalue weighted by molar-refractivity contribution is 7.89. The van der Waals surface area contributed by atoms with Crippen LogP contribution in [0, 0.1) is 0 Å². The van der Waals surface area contributed by atoms with Gasteiger partial charge in [0.15, 0.2) is 5.03 Å². The average Bonchev–Trinajstić information content (AvgIpc) is 3.00. The van der Waals surface area contributed by atoms with Crippen molar-refractivity contribution in [3.8, 4) is 0 Å². The molecule has 1 aromatic heterocycles. The lowest BCUT2D eigenvalue weighted by Crippen LogP contribution is -2.48. The molecule has 0 aliphatic carbocycles. The molecular weight excluding hydrogens is 282 g/mol. The maximum absolute atomic E-state index is 12.7. The van der Waals surface area contributed by atoms with Gasteiger partial charge >= 0.3 is 5.97 Å². The SMILES string of the molecule is O=C(O)[C@H]1CCCCN1S(=O)(=O)c1cnc2n1CCC2. The first kappa shape index (κ1) is 13.6. The average molecular weight is 299 g/mol. The number of nitrogens with zero attached hydrogens (tertiary/aromatic N) is 3. The molecule has 0 bridgehead atoms. The van der Waals surface area contributed by atoms with E-state index in [9.17, 15) is 18.3 Å². The van der Waals surface area contributed by atoms with Crippen molar-refractivity contribution in [2.45, 2.75) is 49.7 Å². The number of carboxylic acid groups (broad SMARTS) is 1. The molecule has 1 atom stereocenters. The number of rotatable bonds is 3. The quantitative estimate of drug-likeness (QED) is 0.875. The summed E-state index contributed by atoms with van der Waals surface area (Å²) < 4.78 is 28.3. The van der Waals surface area contributed by atoms with Gasteiger partial charge in [0.25, 0.3) is 10.0 Å². The van der Waals surface area contributed by atoms with Crippen LogP contribution in [0.5, 0.6) is 0 Å².